The summed E-state index contributed by atoms with van der Waals surface area (Å²) in [5.41, 5.74) is 9.60. The number of hydrogen-bond acceptors (Lipinski definition) is 5. The van der Waals surface area contributed by atoms with Gasteiger partial charge in [0.05, 0.1) is 15.2 Å². The van der Waals surface area contributed by atoms with Gasteiger partial charge in [0.25, 0.3) is 0 Å². The third-order valence-corrected chi connectivity index (χ3v) is 5.69. The standard InChI is InChI=1S/C14H11N5S.C6H12/c1-7-18-11-3-2-8(4-12(11)20-7)9-5-16-13-10(9)6-17-14(15)19-13;1-2-4-6-5-3-1/h2-6H,1H3,(H3,15,16,17,19);1-6H2. The van der Waals surface area contributed by atoms with Crippen LogP contribution >= 0.6 is 11.3 Å². The number of nitrogens with two attached hydrogens (primary N) is 1. The first-order valence-corrected chi connectivity index (χ1v) is 9.99. The summed E-state index contributed by atoms with van der Waals surface area (Å²) in [6.07, 6.45) is 12.7. The Kier molecular flexibility index (Phi) is 4.84. The molecule has 0 amide bonds. The molecule has 3 N–H and O–H groups in total. The summed E-state index contributed by atoms with van der Waals surface area (Å²) in [6, 6.07) is 6.27. The van der Waals surface area contributed by atoms with Crippen molar-refractivity contribution in [2.75, 3.05) is 5.73 Å². The first-order valence-electron chi connectivity index (χ1n) is 9.18. The number of rotatable bonds is 1. The lowest BCUT2D eigenvalue weighted by Gasteiger charge is -2.05. The van der Waals surface area contributed by atoms with Crippen LogP contribution in [0.25, 0.3) is 32.4 Å². The number of H-pyrrole nitrogens is 1. The van der Waals surface area contributed by atoms with Crippen LogP contribution < -0.4 is 5.73 Å². The second kappa shape index (κ2) is 7.41. The number of hydrogen-bond donors (Lipinski definition) is 2. The Hall–Kier alpha value is -2.47. The predicted octanol–water partition coefficient (Wildman–Crippen LogP) is 5.47. The summed E-state index contributed by atoms with van der Waals surface area (Å²) in [7, 11) is 0. The van der Waals surface area contributed by atoms with E-state index >= 15 is 0 Å². The van der Waals surface area contributed by atoms with Crippen molar-refractivity contribution in [3.8, 4) is 11.1 Å². The molecule has 134 valence electrons. The minimum Gasteiger partial charge on any atom is -0.368 e. The molecule has 1 aliphatic rings. The monoisotopic (exact) mass is 365 g/mol. The summed E-state index contributed by atoms with van der Waals surface area (Å²) < 4.78 is 1.19. The van der Waals surface area contributed by atoms with E-state index in [1.165, 1.54) is 43.2 Å². The molecule has 4 aromatic rings. The Bertz CT molecular complexity index is 1020. The Labute approximate surface area is 156 Å². The van der Waals surface area contributed by atoms with Gasteiger partial charge in [-0.1, -0.05) is 44.6 Å². The van der Waals surface area contributed by atoms with Gasteiger partial charge >= 0.3 is 0 Å². The summed E-state index contributed by atoms with van der Waals surface area (Å²) in [5, 5.41) is 2.05. The number of benzene rings is 1. The number of nitrogens with one attached hydrogen (secondary N) is 1. The fourth-order valence-electron chi connectivity index (χ4n) is 3.43. The molecule has 3 heterocycles. The zero-order valence-electron chi connectivity index (χ0n) is 15.0. The van der Waals surface area contributed by atoms with Gasteiger partial charge in [0, 0.05) is 23.3 Å². The van der Waals surface area contributed by atoms with E-state index < -0.39 is 0 Å². The van der Waals surface area contributed by atoms with E-state index in [0.29, 0.717) is 0 Å². The first-order chi connectivity index (χ1) is 12.7. The van der Waals surface area contributed by atoms with Crippen LogP contribution in [0.15, 0.2) is 30.6 Å². The van der Waals surface area contributed by atoms with E-state index in [1.807, 2.05) is 19.2 Å². The highest BCUT2D eigenvalue weighted by Gasteiger charge is 2.10. The van der Waals surface area contributed by atoms with Crippen LogP contribution in [0.4, 0.5) is 5.95 Å². The number of fused-ring (bicyclic) bond motifs is 2. The van der Waals surface area contributed by atoms with Crippen molar-refractivity contribution in [3.63, 3.8) is 0 Å². The number of aromatic nitrogens is 4. The van der Waals surface area contributed by atoms with Crippen LogP contribution in [0.3, 0.4) is 0 Å². The van der Waals surface area contributed by atoms with Crippen LogP contribution in [0.1, 0.15) is 43.5 Å². The lowest BCUT2D eigenvalue weighted by molar-refractivity contribution is 0.504. The van der Waals surface area contributed by atoms with Crippen molar-refractivity contribution in [1.82, 2.24) is 19.9 Å². The number of thiazole rings is 1. The molecule has 0 aliphatic heterocycles. The molecule has 5 nitrogen and oxygen atoms in total. The molecular weight excluding hydrogens is 342 g/mol. The van der Waals surface area contributed by atoms with E-state index in [4.69, 9.17) is 5.73 Å². The molecule has 3 aromatic heterocycles. The second-order valence-corrected chi connectivity index (χ2v) is 7.96. The molecule has 0 atom stereocenters. The summed E-state index contributed by atoms with van der Waals surface area (Å²) in [4.78, 5) is 15.9. The van der Waals surface area contributed by atoms with Gasteiger partial charge in [-0.25, -0.2) is 9.97 Å². The Morgan fingerprint density at radius 3 is 2.50 bits per heavy atom. The van der Waals surface area contributed by atoms with Crippen LogP contribution in [0.5, 0.6) is 0 Å². The molecule has 1 aromatic carbocycles. The van der Waals surface area contributed by atoms with E-state index in [9.17, 15) is 0 Å². The van der Waals surface area contributed by atoms with Gasteiger partial charge in [0.1, 0.15) is 5.65 Å². The minimum absolute atomic E-state index is 0.277. The van der Waals surface area contributed by atoms with Gasteiger partial charge in [0.15, 0.2) is 0 Å². The Morgan fingerprint density at radius 2 is 1.77 bits per heavy atom. The highest BCUT2D eigenvalue weighted by molar-refractivity contribution is 7.18. The lowest BCUT2D eigenvalue weighted by atomic mass is 10.0. The molecular formula is C20H23N5S. The molecule has 26 heavy (non-hydrogen) atoms. The average Bonchev–Trinajstić information content (AvgIpc) is 3.24. The third kappa shape index (κ3) is 3.55. The predicted molar refractivity (Wildman–Crippen MR) is 109 cm³/mol. The van der Waals surface area contributed by atoms with Crippen molar-refractivity contribution < 1.29 is 0 Å². The van der Waals surface area contributed by atoms with E-state index in [-0.39, 0.29) is 5.95 Å². The Balaban J connectivity index is 0.000000240. The van der Waals surface area contributed by atoms with Crippen molar-refractivity contribution >= 4 is 38.5 Å². The topological polar surface area (TPSA) is 80.5 Å². The summed E-state index contributed by atoms with van der Waals surface area (Å²) in [5.74, 6) is 0.277. The molecule has 0 saturated heterocycles. The fourth-order valence-corrected chi connectivity index (χ4v) is 4.29. The summed E-state index contributed by atoms with van der Waals surface area (Å²) in [6.45, 7) is 2.02. The van der Waals surface area contributed by atoms with E-state index in [1.54, 1.807) is 17.5 Å². The molecule has 0 bridgehead atoms. The number of nitrogens with zero attached hydrogens (tertiary/aromatic N) is 3. The van der Waals surface area contributed by atoms with E-state index in [0.717, 1.165) is 32.7 Å². The maximum atomic E-state index is 5.60. The average molecular weight is 366 g/mol. The maximum Gasteiger partial charge on any atom is 0.221 e. The largest absolute Gasteiger partial charge is 0.368 e. The van der Waals surface area contributed by atoms with Crippen LogP contribution in [0, 0.1) is 6.92 Å². The number of anilines is 1. The number of nitrogen functional groups attached to an aromatic ring is 1. The molecule has 1 aliphatic carbocycles. The molecule has 0 spiro atoms. The smallest absolute Gasteiger partial charge is 0.221 e. The van der Waals surface area contributed by atoms with Crippen molar-refractivity contribution in [2.45, 2.75) is 45.4 Å². The number of aromatic amines is 1. The SMILES string of the molecule is C1CCCCC1.Cc1nc2ccc(-c3c[nH]c4nc(N)ncc34)cc2s1. The highest BCUT2D eigenvalue weighted by Crippen LogP contribution is 2.31. The van der Waals surface area contributed by atoms with Crippen LogP contribution in [-0.2, 0) is 0 Å². The van der Waals surface area contributed by atoms with Crippen LogP contribution in [0.2, 0.25) is 0 Å². The molecule has 1 fully saturated rings. The minimum atomic E-state index is 0.277. The third-order valence-electron chi connectivity index (χ3n) is 4.76. The van der Waals surface area contributed by atoms with Gasteiger partial charge in [-0.15, -0.1) is 11.3 Å². The van der Waals surface area contributed by atoms with Gasteiger partial charge < -0.3 is 10.7 Å². The molecule has 1 saturated carbocycles. The van der Waals surface area contributed by atoms with Gasteiger partial charge in [-0.2, -0.15) is 4.98 Å². The van der Waals surface area contributed by atoms with Gasteiger partial charge in [0.2, 0.25) is 5.95 Å². The zero-order valence-corrected chi connectivity index (χ0v) is 15.8. The lowest BCUT2D eigenvalue weighted by Crippen LogP contribution is -1.93. The first kappa shape index (κ1) is 17.0. The molecule has 0 unspecified atom stereocenters. The molecule has 5 rings (SSSR count). The van der Waals surface area contributed by atoms with Crippen molar-refractivity contribution in [3.05, 3.63) is 35.6 Å². The maximum absolute atomic E-state index is 5.60. The van der Waals surface area contributed by atoms with Crippen molar-refractivity contribution in [2.24, 2.45) is 0 Å². The van der Waals surface area contributed by atoms with E-state index in [2.05, 4.69) is 32.1 Å². The quantitative estimate of drug-likeness (QED) is 0.469. The highest BCUT2D eigenvalue weighted by atomic mass is 32.1. The second-order valence-electron chi connectivity index (χ2n) is 6.73. The van der Waals surface area contributed by atoms with Gasteiger partial charge in [-0.3, -0.25) is 0 Å². The van der Waals surface area contributed by atoms with Gasteiger partial charge in [-0.05, 0) is 24.6 Å². The number of aryl methyl sites for hydroxylation is 1. The molecule has 0 radical (unpaired) electrons. The fraction of sp³-hybridized carbons (Fsp3) is 0.350. The van der Waals surface area contributed by atoms with Crippen LogP contribution in [-0.4, -0.2) is 19.9 Å². The zero-order chi connectivity index (χ0) is 17.9. The van der Waals surface area contributed by atoms with Crippen molar-refractivity contribution in [1.29, 1.82) is 0 Å². The molecule has 6 heteroatoms. The summed E-state index contributed by atoms with van der Waals surface area (Å²) >= 11 is 1.70. The Morgan fingerprint density at radius 1 is 1.04 bits per heavy atom. The normalized spacial score (nSPS) is 14.3.